The molecule has 27 heavy (non-hydrogen) atoms. The van der Waals surface area contributed by atoms with Crippen LogP contribution < -0.4 is 20.1 Å². The van der Waals surface area contributed by atoms with Crippen molar-refractivity contribution in [3.05, 3.63) is 23.8 Å². The number of fused-ring (bicyclic) bond motifs is 1. The number of benzene rings is 1. The van der Waals surface area contributed by atoms with Gasteiger partial charge in [0.25, 0.3) is 0 Å². The molecule has 2 aliphatic rings. The zero-order valence-electron chi connectivity index (χ0n) is 16.8. The Balaban J connectivity index is 1.66. The number of nitrogens with one attached hydrogen (secondary N) is 2. The SMILES string of the molecule is CCNC(=NCC(C)(C)c1ccc2c(c1)OCCO2)NC1CCC(O)CC1. The first-order chi connectivity index (χ1) is 13.0. The van der Waals surface area contributed by atoms with E-state index in [4.69, 9.17) is 14.5 Å². The van der Waals surface area contributed by atoms with E-state index in [1.165, 1.54) is 5.56 Å². The molecule has 1 aromatic rings. The highest BCUT2D eigenvalue weighted by atomic mass is 16.6. The van der Waals surface area contributed by atoms with Gasteiger partial charge in [0.2, 0.25) is 0 Å². The molecule has 0 unspecified atom stereocenters. The molecule has 1 aliphatic carbocycles. The van der Waals surface area contributed by atoms with Crippen LogP contribution in [0.15, 0.2) is 23.2 Å². The van der Waals surface area contributed by atoms with E-state index in [0.29, 0.717) is 25.8 Å². The Bertz CT molecular complexity index is 652. The van der Waals surface area contributed by atoms with Gasteiger partial charge >= 0.3 is 0 Å². The summed E-state index contributed by atoms with van der Waals surface area (Å²) in [7, 11) is 0. The fourth-order valence-corrected chi connectivity index (χ4v) is 3.57. The van der Waals surface area contributed by atoms with Gasteiger partial charge in [-0.25, -0.2) is 0 Å². The number of aliphatic hydroxyl groups excluding tert-OH is 1. The molecule has 1 fully saturated rings. The van der Waals surface area contributed by atoms with Crippen LogP contribution in [0.2, 0.25) is 0 Å². The van der Waals surface area contributed by atoms with Crippen LogP contribution >= 0.6 is 0 Å². The summed E-state index contributed by atoms with van der Waals surface area (Å²) in [6.45, 7) is 9.16. The minimum atomic E-state index is -0.142. The predicted octanol–water partition coefficient (Wildman–Crippen LogP) is 2.59. The van der Waals surface area contributed by atoms with E-state index >= 15 is 0 Å². The first-order valence-electron chi connectivity index (χ1n) is 10.1. The minimum absolute atomic E-state index is 0.124. The van der Waals surface area contributed by atoms with Crippen LogP contribution in [0.1, 0.15) is 52.0 Å². The van der Waals surface area contributed by atoms with E-state index in [-0.39, 0.29) is 11.5 Å². The van der Waals surface area contributed by atoms with Crippen LogP contribution in [0.25, 0.3) is 0 Å². The van der Waals surface area contributed by atoms with Crippen molar-refractivity contribution in [3.8, 4) is 11.5 Å². The molecular weight excluding hydrogens is 342 g/mol. The molecule has 6 nitrogen and oxygen atoms in total. The Kier molecular flexibility index (Phi) is 6.47. The standard InChI is InChI=1S/C21H33N3O3/c1-4-22-20(24-16-6-8-17(25)9-7-16)23-14-21(2,3)15-5-10-18-19(13-15)27-12-11-26-18/h5,10,13,16-17,25H,4,6-9,11-12,14H2,1-3H3,(H2,22,23,24). The number of hydrogen-bond donors (Lipinski definition) is 3. The van der Waals surface area contributed by atoms with Crippen LogP contribution in [0.5, 0.6) is 11.5 Å². The topological polar surface area (TPSA) is 75.1 Å². The molecule has 1 aliphatic heterocycles. The van der Waals surface area contributed by atoms with E-state index in [1.54, 1.807) is 0 Å². The van der Waals surface area contributed by atoms with Crippen molar-refractivity contribution in [2.45, 2.75) is 64.0 Å². The lowest BCUT2D eigenvalue weighted by Crippen LogP contribution is -2.45. The zero-order valence-corrected chi connectivity index (χ0v) is 16.8. The predicted molar refractivity (Wildman–Crippen MR) is 108 cm³/mol. The number of rotatable bonds is 5. The van der Waals surface area contributed by atoms with E-state index < -0.39 is 0 Å². The van der Waals surface area contributed by atoms with Crippen LogP contribution in [0.3, 0.4) is 0 Å². The van der Waals surface area contributed by atoms with Crippen LogP contribution in [0.4, 0.5) is 0 Å². The molecule has 6 heteroatoms. The maximum absolute atomic E-state index is 9.69. The normalized spacial score (nSPS) is 23.0. The molecule has 1 heterocycles. The van der Waals surface area contributed by atoms with Gasteiger partial charge in [-0.05, 0) is 50.3 Å². The first kappa shape index (κ1) is 19.8. The molecule has 0 bridgehead atoms. The molecule has 1 aromatic carbocycles. The van der Waals surface area contributed by atoms with Crippen molar-refractivity contribution in [1.82, 2.24) is 10.6 Å². The van der Waals surface area contributed by atoms with E-state index in [9.17, 15) is 5.11 Å². The Morgan fingerprint density at radius 1 is 1.15 bits per heavy atom. The van der Waals surface area contributed by atoms with Gasteiger partial charge in [0, 0.05) is 18.0 Å². The number of ether oxygens (including phenoxy) is 2. The third kappa shape index (κ3) is 5.28. The van der Waals surface area contributed by atoms with Gasteiger partial charge in [0.15, 0.2) is 17.5 Å². The van der Waals surface area contributed by atoms with Gasteiger partial charge in [-0.15, -0.1) is 0 Å². The molecule has 1 saturated carbocycles. The number of aliphatic imine (C=N–C) groups is 1. The summed E-state index contributed by atoms with van der Waals surface area (Å²) in [5.74, 6) is 2.49. The smallest absolute Gasteiger partial charge is 0.191 e. The highest BCUT2D eigenvalue weighted by Crippen LogP contribution is 2.35. The highest BCUT2D eigenvalue weighted by Gasteiger charge is 2.24. The van der Waals surface area contributed by atoms with Gasteiger partial charge in [0.1, 0.15) is 13.2 Å². The van der Waals surface area contributed by atoms with Gasteiger partial charge in [0.05, 0.1) is 12.6 Å². The maximum atomic E-state index is 9.69. The van der Waals surface area contributed by atoms with Crippen LogP contribution in [0, 0.1) is 0 Å². The van der Waals surface area contributed by atoms with Crippen LogP contribution in [-0.4, -0.2) is 49.5 Å². The highest BCUT2D eigenvalue weighted by molar-refractivity contribution is 5.80. The van der Waals surface area contributed by atoms with E-state index in [1.807, 2.05) is 6.07 Å². The second-order valence-corrected chi connectivity index (χ2v) is 8.09. The fourth-order valence-electron chi connectivity index (χ4n) is 3.57. The molecule has 3 N–H and O–H groups in total. The largest absolute Gasteiger partial charge is 0.486 e. The third-order valence-corrected chi connectivity index (χ3v) is 5.34. The summed E-state index contributed by atoms with van der Waals surface area (Å²) in [6.07, 6.45) is 3.55. The summed E-state index contributed by atoms with van der Waals surface area (Å²) < 4.78 is 11.3. The number of nitrogens with zero attached hydrogens (tertiary/aromatic N) is 1. The summed E-state index contributed by atoms with van der Waals surface area (Å²) in [4.78, 5) is 4.85. The monoisotopic (exact) mass is 375 g/mol. The molecule has 0 atom stereocenters. The zero-order chi connectivity index (χ0) is 19.3. The lowest BCUT2D eigenvalue weighted by Gasteiger charge is -2.29. The Morgan fingerprint density at radius 2 is 1.85 bits per heavy atom. The average molecular weight is 376 g/mol. The Hall–Kier alpha value is -1.95. The number of guanidine groups is 1. The summed E-state index contributed by atoms with van der Waals surface area (Å²) in [5, 5.41) is 16.6. The minimum Gasteiger partial charge on any atom is -0.486 e. The van der Waals surface area contributed by atoms with Gasteiger partial charge in [-0.3, -0.25) is 4.99 Å². The molecular formula is C21H33N3O3. The quantitative estimate of drug-likeness (QED) is 0.545. The maximum Gasteiger partial charge on any atom is 0.191 e. The van der Waals surface area contributed by atoms with Crippen molar-refractivity contribution >= 4 is 5.96 Å². The third-order valence-electron chi connectivity index (χ3n) is 5.34. The summed E-state index contributed by atoms with van der Waals surface area (Å²) in [6, 6.07) is 6.55. The molecule has 0 saturated heterocycles. The molecule has 150 valence electrons. The lowest BCUT2D eigenvalue weighted by atomic mass is 9.84. The molecule has 0 spiro atoms. The molecule has 0 amide bonds. The second kappa shape index (κ2) is 8.83. The van der Waals surface area contributed by atoms with Gasteiger partial charge in [-0.1, -0.05) is 19.9 Å². The second-order valence-electron chi connectivity index (χ2n) is 8.09. The van der Waals surface area contributed by atoms with Crippen LogP contribution in [-0.2, 0) is 5.41 Å². The van der Waals surface area contributed by atoms with Gasteiger partial charge in [-0.2, -0.15) is 0 Å². The van der Waals surface area contributed by atoms with E-state index in [0.717, 1.165) is 49.7 Å². The van der Waals surface area contributed by atoms with Crippen molar-refractivity contribution in [2.24, 2.45) is 4.99 Å². The number of hydrogen-bond acceptors (Lipinski definition) is 4. The van der Waals surface area contributed by atoms with Gasteiger partial charge < -0.3 is 25.2 Å². The number of aliphatic hydroxyl groups is 1. The average Bonchev–Trinajstić information content (AvgIpc) is 2.67. The Morgan fingerprint density at radius 3 is 2.56 bits per heavy atom. The van der Waals surface area contributed by atoms with Crippen molar-refractivity contribution in [3.63, 3.8) is 0 Å². The van der Waals surface area contributed by atoms with E-state index in [2.05, 4.69) is 43.5 Å². The molecule has 0 aromatic heterocycles. The molecule has 3 rings (SSSR count). The van der Waals surface area contributed by atoms with Crippen molar-refractivity contribution in [2.75, 3.05) is 26.3 Å². The first-order valence-corrected chi connectivity index (χ1v) is 10.1. The summed E-state index contributed by atoms with van der Waals surface area (Å²) >= 11 is 0. The fraction of sp³-hybridized carbons (Fsp3) is 0.667. The summed E-state index contributed by atoms with van der Waals surface area (Å²) in [5.41, 5.74) is 1.06. The Labute approximate surface area is 162 Å². The molecule has 0 radical (unpaired) electrons. The lowest BCUT2D eigenvalue weighted by molar-refractivity contribution is 0.120. The van der Waals surface area contributed by atoms with Crippen molar-refractivity contribution < 1.29 is 14.6 Å². The van der Waals surface area contributed by atoms with Crippen molar-refractivity contribution in [1.29, 1.82) is 0 Å².